The molecule has 0 aliphatic carbocycles. The number of nitrogens with one attached hydrogen (secondary N) is 1. The molecule has 3 aromatic rings. The minimum Gasteiger partial charge on any atom is -0.387 e. The van der Waals surface area contributed by atoms with Crippen LogP contribution in [0.5, 0.6) is 0 Å². The first-order valence-corrected chi connectivity index (χ1v) is 9.71. The first-order valence-electron chi connectivity index (χ1n) is 9.71. The van der Waals surface area contributed by atoms with Crippen LogP contribution in [-0.4, -0.2) is 16.1 Å². The average molecular weight is 373 g/mol. The van der Waals surface area contributed by atoms with Crippen molar-refractivity contribution in [1.29, 1.82) is 0 Å². The number of nitrogen functional groups attached to an aromatic ring is 1. The van der Waals surface area contributed by atoms with Crippen LogP contribution in [0.1, 0.15) is 30.3 Å². The van der Waals surface area contributed by atoms with Gasteiger partial charge in [0, 0.05) is 23.5 Å². The van der Waals surface area contributed by atoms with Gasteiger partial charge in [0.2, 0.25) is 0 Å². The molecule has 0 atom stereocenters. The molecule has 0 saturated carbocycles. The van der Waals surface area contributed by atoms with Crippen molar-refractivity contribution >= 4 is 11.9 Å². The second kappa shape index (κ2) is 9.60. The molecule has 28 heavy (non-hydrogen) atoms. The zero-order valence-electron chi connectivity index (χ0n) is 16.6. The number of rotatable bonds is 8. The molecule has 2 aromatic heterocycles. The number of allylic oxidation sites excluding steroid dienone is 1. The summed E-state index contributed by atoms with van der Waals surface area (Å²) in [6.45, 7) is 5.77. The Kier molecular flexibility index (Phi) is 6.68. The third-order valence-electron chi connectivity index (χ3n) is 4.59. The third kappa shape index (κ3) is 4.92. The van der Waals surface area contributed by atoms with Crippen LogP contribution < -0.4 is 11.1 Å². The molecule has 0 spiro atoms. The highest BCUT2D eigenvalue weighted by molar-refractivity contribution is 5.67. The summed E-state index contributed by atoms with van der Waals surface area (Å²) in [7, 11) is 0. The van der Waals surface area contributed by atoms with Crippen LogP contribution >= 0.6 is 0 Å². The summed E-state index contributed by atoms with van der Waals surface area (Å²) in [4.78, 5) is 4.48. The lowest BCUT2D eigenvalue weighted by atomic mass is 10.1. The fraction of sp³-hybridized carbons (Fsp3) is 0.208. The van der Waals surface area contributed by atoms with E-state index in [0.717, 1.165) is 24.4 Å². The Morgan fingerprint density at radius 2 is 1.89 bits per heavy atom. The van der Waals surface area contributed by atoms with Crippen molar-refractivity contribution in [3.63, 3.8) is 0 Å². The molecule has 144 valence electrons. The molecule has 0 aliphatic heterocycles. The van der Waals surface area contributed by atoms with E-state index in [2.05, 4.69) is 83.3 Å². The van der Waals surface area contributed by atoms with E-state index in [4.69, 9.17) is 5.73 Å². The number of nitrogens with two attached hydrogens (primary N) is 1. The molecule has 0 fully saturated rings. The lowest BCUT2D eigenvalue weighted by Crippen LogP contribution is -2.08. The molecule has 4 heteroatoms. The molecule has 0 aliphatic rings. The highest BCUT2D eigenvalue weighted by atomic mass is 15.0. The van der Waals surface area contributed by atoms with Crippen molar-refractivity contribution in [2.45, 2.75) is 26.8 Å². The molecule has 2 heterocycles. The predicted molar refractivity (Wildman–Crippen MR) is 119 cm³/mol. The van der Waals surface area contributed by atoms with Gasteiger partial charge in [-0.15, -0.1) is 0 Å². The fourth-order valence-electron chi connectivity index (χ4n) is 3.18. The van der Waals surface area contributed by atoms with E-state index in [9.17, 15) is 0 Å². The Morgan fingerprint density at radius 1 is 1.04 bits per heavy atom. The van der Waals surface area contributed by atoms with Crippen molar-refractivity contribution in [1.82, 2.24) is 14.9 Å². The number of benzene rings is 1. The van der Waals surface area contributed by atoms with Gasteiger partial charge in [-0.2, -0.15) is 0 Å². The third-order valence-corrected chi connectivity index (χ3v) is 4.59. The van der Waals surface area contributed by atoms with Crippen LogP contribution in [0.25, 0.3) is 17.3 Å². The van der Waals surface area contributed by atoms with E-state index in [-0.39, 0.29) is 0 Å². The lowest BCUT2D eigenvalue weighted by molar-refractivity contribution is 0.781. The Bertz CT molecular complexity index is 966. The molecule has 0 bridgehead atoms. The quantitative estimate of drug-likeness (QED) is 0.431. The normalized spacial score (nSPS) is 11.5. The maximum absolute atomic E-state index is 5.89. The Balaban J connectivity index is 1.92. The number of anilines is 1. The maximum Gasteiger partial charge on any atom is 0.123 e. The predicted octanol–water partition coefficient (Wildman–Crippen LogP) is 5.02. The zero-order chi connectivity index (χ0) is 19.8. The van der Waals surface area contributed by atoms with Crippen LogP contribution in [0.2, 0.25) is 0 Å². The van der Waals surface area contributed by atoms with E-state index in [1.54, 1.807) is 0 Å². The van der Waals surface area contributed by atoms with Gasteiger partial charge in [0.1, 0.15) is 5.82 Å². The second-order valence-corrected chi connectivity index (χ2v) is 6.72. The Labute approximate surface area is 167 Å². The van der Waals surface area contributed by atoms with Crippen molar-refractivity contribution in [3.8, 4) is 11.3 Å². The van der Waals surface area contributed by atoms with Crippen LogP contribution in [0.15, 0.2) is 72.9 Å². The van der Waals surface area contributed by atoms with E-state index in [0.29, 0.717) is 12.4 Å². The van der Waals surface area contributed by atoms with Gasteiger partial charge in [-0.25, -0.2) is 4.98 Å². The fourth-order valence-corrected chi connectivity index (χ4v) is 3.18. The minimum absolute atomic E-state index is 0.545. The highest BCUT2D eigenvalue weighted by Gasteiger charge is 2.11. The molecule has 0 unspecified atom stereocenters. The summed E-state index contributed by atoms with van der Waals surface area (Å²) in [5.74, 6) is 0.545. The van der Waals surface area contributed by atoms with Gasteiger partial charge in [0.15, 0.2) is 0 Å². The van der Waals surface area contributed by atoms with Gasteiger partial charge in [-0.3, -0.25) is 0 Å². The lowest BCUT2D eigenvalue weighted by Gasteiger charge is -2.14. The standard InChI is InChI=1S/C24H28N4/c1-3-4-7-16-26-17-15-21-13-14-23(22-11-6-5-9-19(22)2)28(21)18-20-10-8-12-24(25)27-20/h4-15,17,26H,3,16,18H2,1-2H3,(H2,25,27)/b7-4-,17-15+. The maximum atomic E-state index is 5.89. The summed E-state index contributed by atoms with van der Waals surface area (Å²) >= 11 is 0. The second-order valence-electron chi connectivity index (χ2n) is 6.72. The minimum atomic E-state index is 0.545. The van der Waals surface area contributed by atoms with Gasteiger partial charge in [0.05, 0.1) is 12.2 Å². The van der Waals surface area contributed by atoms with Gasteiger partial charge < -0.3 is 15.6 Å². The van der Waals surface area contributed by atoms with Crippen molar-refractivity contribution in [2.75, 3.05) is 12.3 Å². The molecular formula is C24H28N4. The monoisotopic (exact) mass is 372 g/mol. The van der Waals surface area contributed by atoms with Gasteiger partial charge >= 0.3 is 0 Å². The van der Waals surface area contributed by atoms with E-state index in [1.165, 1.54) is 16.8 Å². The molecule has 1 aromatic carbocycles. The van der Waals surface area contributed by atoms with Crippen LogP contribution in [-0.2, 0) is 6.54 Å². The highest BCUT2D eigenvalue weighted by Crippen LogP contribution is 2.27. The van der Waals surface area contributed by atoms with Gasteiger partial charge in [-0.05, 0) is 55.4 Å². The van der Waals surface area contributed by atoms with E-state index < -0.39 is 0 Å². The first kappa shape index (κ1) is 19.5. The first-order chi connectivity index (χ1) is 13.7. The summed E-state index contributed by atoms with van der Waals surface area (Å²) < 4.78 is 2.28. The molecular weight excluding hydrogens is 344 g/mol. The average Bonchev–Trinajstić information content (AvgIpc) is 3.07. The summed E-state index contributed by atoms with van der Waals surface area (Å²) in [5.41, 5.74) is 11.6. The molecule has 0 amide bonds. The molecule has 0 saturated heterocycles. The number of pyridine rings is 1. The number of hydrogen-bond acceptors (Lipinski definition) is 3. The SMILES string of the molecule is CC/C=C\CN/C=C/c1ccc(-c2ccccc2C)n1Cc1cccc(N)n1. The number of aromatic nitrogens is 2. The van der Waals surface area contributed by atoms with Crippen molar-refractivity contribution in [2.24, 2.45) is 0 Å². The molecule has 4 nitrogen and oxygen atoms in total. The topological polar surface area (TPSA) is 55.9 Å². The van der Waals surface area contributed by atoms with Gasteiger partial charge in [0.25, 0.3) is 0 Å². The van der Waals surface area contributed by atoms with E-state index in [1.807, 2.05) is 24.4 Å². The number of nitrogens with zero attached hydrogens (tertiary/aromatic N) is 2. The summed E-state index contributed by atoms with van der Waals surface area (Å²) in [6.07, 6.45) is 9.46. The van der Waals surface area contributed by atoms with Crippen LogP contribution in [0, 0.1) is 6.92 Å². The largest absolute Gasteiger partial charge is 0.387 e. The molecule has 3 rings (SSSR count). The number of aryl methyl sites for hydroxylation is 1. The Morgan fingerprint density at radius 3 is 2.68 bits per heavy atom. The Hall–Kier alpha value is -3.27. The van der Waals surface area contributed by atoms with Crippen molar-refractivity contribution < 1.29 is 0 Å². The van der Waals surface area contributed by atoms with Crippen molar-refractivity contribution in [3.05, 3.63) is 89.9 Å². The number of hydrogen-bond donors (Lipinski definition) is 2. The van der Waals surface area contributed by atoms with Crippen LogP contribution in [0.3, 0.4) is 0 Å². The summed E-state index contributed by atoms with van der Waals surface area (Å²) in [6, 6.07) is 18.5. The zero-order valence-corrected chi connectivity index (χ0v) is 16.6. The molecule has 3 N–H and O–H groups in total. The smallest absolute Gasteiger partial charge is 0.123 e. The van der Waals surface area contributed by atoms with Gasteiger partial charge in [-0.1, -0.05) is 49.4 Å². The summed E-state index contributed by atoms with van der Waals surface area (Å²) in [5, 5.41) is 3.31. The molecule has 0 radical (unpaired) electrons. The van der Waals surface area contributed by atoms with E-state index >= 15 is 0 Å². The van der Waals surface area contributed by atoms with Crippen LogP contribution in [0.4, 0.5) is 5.82 Å².